The molecule has 7 nitrogen and oxygen atoms in total. The van der Waals surface area contributed by atoms with E-state index in [0.29, 0.717) is 40.1 Å². The number of nitrogens with zero attached hydrogens (tertiary/aromatic N) is 4. The summed E-state index contributed by atoms with van der Waals surface area (Å²) in [6.45, 7) is 4.84. The Morgan fingerprint density at radius 3 is 2.75 bits per heavy atom. The van der Waals surface area contributed by atoms with Crippen LogP contribution in [0.2, 0.25) is 0 Å². The number of amides is 1. The van der Waals surface area contributed by atoms with E-state index < -0.39 is 0 Å². The molecule has 0 radical (unpaired) electrons. The maximum atomic E-state index is 13.5. The number of rotatable bonds is 8. The predicted molar refractivity (Wildman–Crippen MR) is 123 cm³/mol. The molecule has 0 spiro atoms. The van der Waals surface area contributed by atoms with Crippen LogP contribution >= 0.6 is 11.8 Å². The summed E-state index contributed by atoms with van der Waals surface area (Å²) in [6, 6.07) is 13.7. The number of aryl methyl sites for hydroxylation is 1. The number of hydrogen-bond donors (Lipinski definition) is 1. The maximum absolute atomic E-state index is 13.5. The van der Waals surface area contributed by atoms with Crippen molar-refractivity contribution in [2.24, 2.45) is 5.92 Å². The van der Waals surface area contributed by atoms with Crippen molar-refractivity contribution in [3.63, 3.8) is 0 Å². The molecule has 166 valence electrons. The first-order chi connectivity index (χ1) is 15.4. The van der Waals surface area contributed by atoms with Crippen LogP contribution in [0.5, 0.6) is 0 Å². The van der Waals surface area contributed by atoms with E-state index in [2.05, 4.69) is 15.5 Å². The fourth-order valence-electron chi connectivity index (χ4n) is 3.42. The van der Waals surface area contributed by atoms with Crippen molar-refractivity contribution < 1.29 is 9.18 Å². The normalized spacial score (nSPS) is 11.5. The molecule has 2 heterocycles. The summed E-state index contributed by atoms with van der Waals surface area (Å²) in [5.74, 6) is 0.834. The third kappa shape index (κ3) is 4.67. The van der Waals surface area contributed by atoms with Gasteiger partial charge in [-0.15, -0.1) is 10.2 Å². The highest BCUT2D eigenvalue weighted by molar-refractivity contribution is 7.98. The molecule has 4 rings (SSSR count). The minimum absolute atomic E-state index is 0.114. The Balaban J connectivity index is 1.69. The summed E-state index contributed by atoms with van der Waals surface area (Å²) in [5.41, 5.74) is 1.31. The Morgan fingerprint density at radius 1 is 1.16 bits per heavy atom. The van der Waals surface area contributed by atoms with Gasteiger partial charge in [0, 0.05) is 25.3 Å². The van der Waals surface area contributed by atoms with Crippen LogP contribution in [0.4, 0.5) is 4.39 Å². The van der Waals surface area contributed by atoms with E-state index in [1.54, 1.807) is 18.2 Å². The molecule has 4 aromatic rings. The number of benzene rings is 2. The zero-order valence-electron chi connectivity index (χ0n) is 17.9. The SMILES string of the molecule is CC(C)CNC(=O)CCn1c(=O)c2ccccc2n2c(SCc3cccc(F)c3)nnc12. The van der Waals surface area contributed by atoms with Crippen molar-refractivity contribution >= 4 is 34.3 Å². The number of halogens is 1. The minimum Gasteiger partial charge on any atom is -0.356 e. The molecule has 0 bridgehead atoms. The molecule has 2 aromatic carbocycles. The summed E-state index contributed by atoms with van der Waals surface area (Å²) in [6.07, 6.45) is 0.166. The molecule has 0 aliphatic carbocycles. The summed E-state index contributed by atoms with van der Waals surface area (Å²) < 4.78 is 16.9. The highest BCUT2D eigenvalue weighted by Gasteiger charge is 2.17. The van der Waals surface area contributed by atoms with Gasteiger partial charge in [-0.3, -0.25) is 18.6 Å². The third-order valence-electron chi connectivity index (χ3n) is 5.01. The summed E-state index contributed by atoms with van der Waals surface area (Å²) in [7, 11) is 0. The second-order valence-corrected chi connectivity index (χ2v) is 8.90. The predicted octanol–water partition coefficient (Wildman–Crippen LogP) is 3.64. The van der Waals surface area contributed by atoms with Gasteiger partial charge in [0.2, 0.25) is 11.7 Å². The average molecular weight is 454 g/mol. The molecule has 0 saturated heterocycles. The van der Waals surface area contributed by atoms with E-state index in [-0.39, 0.29) is 30.2 Å². The van der Waals surface area contributed by atoms with Crippen LogP contribution < -0.4 is 10.9 Å². The van der Waals surface area contributed by atoms with Crippen molar-refractivity contribution in [1.29, 1.82) is 0 Å². The number of hydrogen-bond acceptors (Lipinski definition) is 5. The molecule has 1 N–H and O–H groups in total. The zero-order valence-corrected chi connectivity index (χ0v) is 18.7. The lowest BCUT2D eigenvalue weighted by molar-refractivity contribution is -0.121. The van der Waals surface area contributed by atoms with E-state index >= 15 is 0 Å². The standard InChI is InChI=1S/C23H24FN5O2S/c1-15(2)13-25-20(30)10-11-28-21(31)18-8-3-4-9-19(18)29-22(28)26-27-23(29)32-14-16-6-5-7-17(24)12-16/h3-9,12,15H,10-11,13-14H2,1-2H3,(H,25,30). The Morgan fingerprint density at radius 2 is 1.97 bits per heavy atom. The lowest BCUT2D eigenvalue weighted by Gasteiger charge is -2.12. The van der Waals surface area contributed by atoms with Gasteiger partial charge < -0.3 is 5.32 Å². The Kier molecular flexibility index (Phi) is 6.55. The van der Waals surface area contributed by atoms with Crippen molar-refractivity contribution in [3.05, 3.63) is 70.3 Å². The molecular formula is C23H24FN5O2S. The number of aromatic nitrogens is 4. The number of thioether (sulfide) groups is 1. The van der Waals surface area contributed by atoms with Gasteiger partial charge in [-0.25, -0.2) is 4.39 Å². The lowest BCUT2D eigenvalue weighted by atomic mass is 10.2. The minimum atomic E-state index is -0.288. The van der Waals surface area contributed by atoms with E-state index in [1.807, 2.05) is 36.4 Å². The molecule has 0 aliphatic heterocycles. The van der Waals surface area contributed by atoms with Crippen LogP contribution in [0.25, 0.3) is 16.7 Å². The largest absolute Gasteiger partial charge is 0.356 e. The van der Waals surface area contributed by atoms with Gasteiger partial charge >= 0.3 is 0 Å². The molecule has 32 heavy (non-hydrogen) atoms. The molecule has 0 fully saturated rings. The van der Waals surface area contributed by atoms with E-state index in [4.69, 9.17) is 0 Å². The number of para-hydroxylation sites is 1. The first-order valence-electron chi connectivity index (χ1n) is 10.4. The summed E-state index contributed by atoms with van der Waals surface area (Å²) in [5, 5.41) is 12.5. The van der Waals surface area contributed by atoms with Gasteiger partial charge in [0.1, 0.15) is 5.82 Å². The topological polar surface area (TPSA) is 81.3 Å². The van der Waals surface area contributed by atoms with Crippen LogP contribution in [0.15, 0.2) is 58.5 Å². The molecular weight excluding hydrogens is 429 g/mol. The van der Waals surface area contributed by atoms with Crippen molar-refractivity contribution in [3.8, 4) is 0 Å². The van der Waals surface area contributed by atoms with Gasteiger partial charge in [0.25, 0.3) is 5.56 Å². The Hall–Kier alpha value is -3.20. The monoisotopic (exact) mass is 453 g/mol. The van der Waals surface area contributed by atoms with E-state index in [9.17, 15) is 14.0 Å². The molecule has 0 atom stereocenters. The highest BCUT2D eigenvalue weighted by Crippen LogP contribution is 2.25. The molecule has 0 saturated carbocycles. The zero-order chi connectivity index (χ0) is 22.7. The molecule has 0 aliphatic rings. The van der Waals surface area contributed by atoms with Gasteiger partial charge in [-0.1, -0.05) is 49.9 Å². The van der Waals surface area contributed by atoms with Crippen LogP contribution in [-0.2, 0) is 17.1 Å². The Labute approximate surface area is 188 Å². The Bertz CT molecular complexity index is 1330. The van der Waals surface area contributed by atoms with Crippen molar-refractivity contribution in [2.75, 3.05) is 6.54 Å². The fraction of sp³-hybridized carbons (Fsp3) is 0.304. The molecule has 1 amide bonds. The van der Waals surface area contributed by atoms with Gasteiger partial charge in [-0.05, 0) is 35.7 Å². The van der Waals surface area contributed by atoms with Gasteiger partial charge in [0.05, 0.1) is 10.9 Å². The first kappa shape index (κ1) is 22.0. The van der Waals surface area contributed by atoms with Crippen LogP contribution in [-0.4, -0.2) is 31.6 Å². The third-order valence-corrected chi connectivity index (χ3v) is 6.01. The smallest absolute Gasteiger partial charge is 0.262 e. The lowest BCUT2D eigenvalue weighted by Crippen LogP contribution is -2.30. The molecule has 0 unspecified atom stereocenters. The second kappa shape index (κ2) is 9.52. The maximum Gasteiger partial charge on any atom is 0.262 e. The summed E-state index contributed by atoms with van der Waals surface area (Å²) >= 11 is 1.41. The van der Waals surface area contributed by atoms with Gasteiger partial charge in [0.15, 0.2) is 5.16 Å². The number of carbonyl (C=O) groups is 1. The van der Waals surface area contributed by atoms with Crippen LogP contribution in [0.3, 0.4) is 0 Å². The number of fused-ring (bicyclic) bond motifs is 3. The average Bonchev–Trinajstić information content (AvgIpc) is 3.20. The van der Waals surface area contributed by atoms with Gasteiger partial charge in [-0.2, -0.15) is 0 Å². The number of nitrogens with one attached hydrogen (secondary N) is 1. The highest BCUT2D eigenvalue weighted by atomic mass is 32.2. The van der Waals surface area contributed by atoms with E-state index in [1.165, 1.54) is 28.5 Å². The van der Waals surface area contributed by atoms with Crippen LogP contribution in [0.1, 0.15) is 25.8 Å². The number of carbonyl (C=O) groups excluding carboxylic acids is 1. The molecule has 2 aromatic heterocycles. The van der Waals surface area contributed by atoms with Crippen molar-refractivity contribution in [1.82, 2.24) is 24.5 Å². The fourth-order valence-corrected chi connectivity index (χ4v) is 4.31. The second-order valence-electron chi connectivity index (χ2n) is 7.96. The van der Waals surface area contributed by atoms with Crippen molar-refractivity contribution in [2.45, 2.75) is 37.7 Å². The quantitative estimate of drug-likeness (QED) is 0.412. The van der Waals surface area contributed by atoms with Crippen LogP contribution in [0, 0.1) is 11.7 Å². The van der Waals surface area contributed by atoms with E-state index in [0.717, 1.165) is 5.56 Å². The summed E-state index contributed by atoms with van der Waals surface area (Å²) in [4.78, 5) is 25.4. The first-order valence-corrected chi connectivity index (χ1v) is 11.4. The molecule has 9 heteroatoms.